The fourth-order valence-corrected chi connectivity index (χ4v) is 2.34. The highest BCUT2D eigenvalue weighted by molar-refractivity contribution is 5.80. The summed E-state index contributed by atoms with van der Waals surface area (Å²) >= 11 is 0. The maximum atomic E-state index is 12.8. The molecule has 7 heteroatoms. The van der Waals surface area contributed by atoms with E-state index in [-0.39, 0.29) is 13.2 Å². The molecule has 0 radical (unpaired) electrons. The SMILES string of the molecule is C#CCOc1ccc(CCNC(=O)[C@@H](O)COc2ccc(F)cc2)cc1OC. The first kappa shape index (κ1) is 21.1. The van der Waals surface area contributed by atoms with Crippen molar-refractivity contribution >= 4 is 5.91 Å². The van der Waals surface area contributed by atoms with E-state index in [9.17, 15) is 14.3 Å². The van der Waals surface area contributed by atoms with Gasteiger partial charge in [0, 0.05) is 6.54 Å². The second-order valence-corrected chi connectivity index (χ2v) is 5.80. The van der Waals surface area contributed by atoms with Gasteiger partial charge in [-0.1, -0.05) is 12.0 Å². The van der Waals surface area contributed by atoms with Crippen LogP contribution in [0.15, 0.2) is 42.5 Å². The Kier molecular flexibility index (Phi) is 8.12. The number of hydrogen-bond donors (Lipinski definition) is 2. The molecule has 2 aromatic rings. The van der Waals surface area contributed by atoms with Crippen molar-refractivity contribution in [1.82, 2.24) is 5.32 Å². The van der Waals surface area contributed by atoms with Crippen LogP contribution >= 0.6 is 0 Å². The summed E-state index contributed by atoms with van der Waals surface area (Å²) < 4.78 is 28.7. The van der Waals surface area contributed by atoms with Crippen molar-refractivity contribution in [2.45, 2.75) is 12.5 Å². The third-order valence-electron chi connectivity index (χ3n) is 3.78. The quantitative estimate of drug-likeness (QED) is 0.610. The lowest BCUT2D eigenvalue weighted by atomic mass is 10.1. The Balaban J connectivity index is 1.77. The standard InChI is InChI=1S/C21H22FNO5/c1-3-12-27-19-9-4-15(13-20(19)26-2)10-11-23-21(25)18(24)14-28-17-7-5-16(22)6-8-17/h1,4-9,13,18,24H,10-12,14H2,2H3,(H,23,25)/t18-/m0/s1. The monoisotopic (exact) mass is 387 g/mol. The lowest BCUT2D eigenvalue weighted by Crippen LogP contribution is -2.39. The van der Waals surface area contributed by atoms with E-state index >= 15 is 0 Å². The molecular weight excluding hydrogens is 365 g/mol. The van der Waals surface area contributed by atoms with Crippen molar-refractivity contribution in [3.05, 3.63) is 53.8 Å². The number of terminal acetylenes is 1. The van der Waals surface area contributed by atoms with Crippen LogP contribution in [0.25, 0.3) is 0 Å². The van der Waals surface area contributed by atoms with Gasteiger partial charge >= 0.3 is 0 Å². The molecule has 6 nitrogen and oxygen atoms in total. The van der Waals surface area contributed by atoms with Crippen LogP contribution in [0, 0.1) is 18.2 Å². The summed E-state index contributed by atoms with van der Waals surface area (Å²) in [5.41, 5.74) is 0.919. The number of aliphatic hydroxyl groups is 1. The van der Waals surface area contributed by atoms with E-state index in [0.717, 1.165) is 5.56 Å². The summed E-state index contributed by atoms with van der Waals surface area (Å²) in [5, 5.41) is 12.5. The van der Waals surface area contributed by atoms with E-state index < -0.39 is 17.8 Å². The van der Waals surface area contributed by atoms with Crippen LogP contribution in [0.4, 0.5) is 4.39 Å². The van der Waals surface area contributed by atoms with Crippen LogP contribution in [-0.4, -0.2) is 44.0 Å². The predicted molar refractivity (Wildman–Crippen MR) is 102 cm³/mol. The minimum absolute atomic E-state index is 0.143. The molecule has 0 aliphatic carbocycles. The fourth-order valence-electron chi connectivity index (χ4n) is 2.34. The zero-order chi connectivity index (χ0) is 20.4. The van der Waals surface area contributed by atoms with Crippen LogP contribution in [0.5, 0.6) is 17.2 Å². The topological polar surface area (TPSA) is 77.0 Å². The number of benzene rings is 2. The fraction of sp³-hybridized carbons (Fsp3) is 0.286. The number of amides is 1. The summed E-state index contributed by atoms with van der Waals surface area (Å²) in [6.07, 6.45) is 4.37. The number of ether oxygens (including phenoxy) is 3. The van der Waals surface area contributed by atoms with Crippen molar-refractivity contribution in [2.24, 2.45) is 0 Å². The largest absolute Gasteiger partial charge is 0.493 e. The Labute approximate surface area is 163 Å². The number of halogens is 1. The van der Waals surface area contributed by atoms with Crippen LogP contribution in [0.2, 0.25) is 0 Å². The van der Waals surface area contributed by atoms with Crippen LogP contribution in [0.1, 0.15) is 5.56 Å². The number of carbonyl (C=O) groups excluding carboxylic acids is 1. The molecule has 1 atom stereocenters. The van der Waals surface area contributed by atoms with Gasteiger partial charge in [-0.2, -0.15) is 0 Å². The molecule has 0 bridgehead atoms. The molecule has 2 N–H and O–H groups in total. The first-order chi connectivity index (χ1) is 13.5. The van der Waals surface area contributed by atoms with Crippen molar-refractivity contribution in [3.8, 4) is 29.6 Å². The van der Waals surface area contributed by atoms with Crippen molar-refractivity contribution in [3.63, 3.8) is 0 Å². The Morgan fingerprint density at radius 3 is 2.64 bits per heavy atom. The van der Waals surface area contributed by atoms with Crippen molar-refractivity contribution in [1.29, 1.82) is 0 Å². The van der Waals surface area contributed by atoms with Gasteiger partial charge < -0.3 is 24.6 Å². The lowest BCUT2D eigenvalue weighted by Gasteiger charge is -2.13. The van der Waals surface area contributed by atoms with Gasteiger partial charge in [0.1, 0.15) is 24.8 Å². The molecule has 0 aliphatic rings. The minimum atomic E-state index is -1.33. The summed E-state index contributed by atoms with van der Waals surface area (Å²) in [4.78, 5) is 11.9. The van der Waals surface area contributed by atoms with E-state index in [0.29, 0.717) is 30.2 Å². The molecule has 0 heterocycles. The average Bonchev–Trinajstić information content (AvgIpc) is 2.71. The third-order valence-corrected chi connectivity index (χ3v) is 3.78. The number of nitrogens with one attached hydrogen (secondary N) is 1. The van der Waals surface area contributed by atoms with Crippen molar-refractivity contribution in [2.75, 3.05) is 26.9 Å². The number of hydrogen-bond acceptors (Lipinski definition) is 5. The lowest BCUT2D eigenvalue weighted by molar-refractivity contribution is -0.130. The molecule has 0 aromatic heterocycles. The summed E-state index contributed by atoms with van der Waals surface area (Å²) in [5.74, 6) is 2.90. The van der Waals surface area contributed by atoms with Crippen LogP contribution in [0.3, 0.4) is 0 Å². The Morgan fingerprint density at radius 1 is 1.21 bits per heavy atom. The molecule has 148 valence electrons. The normalized spacial score (nSPS) is 11.2. The number of carbonyl (C=O) groups is 1. The molecule has 2 aromatic carbocycles. The maximum absolute atomic E-state index is 12.8. The summed E-state index contributed by atoms with van der Waals surface area (Å²) in [6.45, 7) is 0.232. The average molecular weight is 387 g/mol. The van der Waals surface area contributed by atoms with E-state index in [2.05, 4.69) is 11.2 Å². The van der Waals surface area contributed by atoms with Gasteiger partial charge in [-0.25, -0.2) is 4.39 Å². The van der Waals surface area contributed by atoms with Gasteiger partial charge in [0.05, 0.1) is 7.11 Å². The first-order valence-electron chi connectivity index (χ1n) is 8.60. The highest BCUT2D eigenvalue weighted by atomic mass is 19.1. The molecular formula is C21H22FNO5. The number of aliphatic hydroxyl groups excluding tert-OH is 1. The Morgan fingerprint density at radius 2 is 1.96 bits per heavy atom. The van der Waals surface area contributed by atoms with E-state index in [1.165, 1.54) is 31.4 Å². The van der Waals surface area contributed by atoms with E-state index in [1.54, 1.807) is 12.1 Å². The molecule has 2 rings (SSSR count). The van der Waals surface area contributed by atoms with Gasteiger partial charge in [0.25, 0.3) is 5.91 Å². The van der Waals surface area contributed by atoms with E-state index in [4.69, 9.17) is 20.6 Å². The highest BCUT2D eigenvalue weighted by Crippen LogP contribution is 2.28. The predicted octanol–water partition coefficient (Wildman–Crippen LogP) is 1.94. The van der Waals surface area contributed by atoms with Crippen LogP contribution < -0.4 is 19.5 Å². The van der Waals surface area contributed by atoms with Gasteiger partial charge in [0.15, 0.2) is 17.6 Å². The van der Waals surface area contributed by atoms with Gasteiger partial charge in [-0.05, 0) is 48.4 Å². The summed E-state index contributed by atoms with van der Waals surface area (Å²) in [7, 11) is 1.53. The second kappa shape index (κ2) is 10.8. The first-order valence-corrected chi connectivity index (χ1v) is 8.60. The van der Waals surface area contributed by atoms with Crippen molar-refractivity contribution < 1.29 is 28.5 Å². The molecule has 0 saturated carbocycles. The van der Waals surface area contributed by atoms with Gasteiger partial charge in [-0.3, -0.25) is 4.79 Å². The molecule has 28 heavy (non-hydrogen) atoms. The highest BCUT2D eigenvalue weighted by Gasteiger charge is 2.15. The van der Waals surface area contributed by atoms with Gasteiger partial charge in [0.2, 0.25) is 0 Å². The Bertz CT molecular complexity index is 817. The summed E-state index contributed by atoms with van der Waals surface area (Å²) in [6, 6.07) is 10.7. The molecule has 0 spiro atoms. The number of methoxy groups -OCH3 is 1. The van der Waals surface area contributed by atoms with Crippen LogP contribution in [-0.2, 0) is 11.2 Å². The smallest absolute Gasteiger partial charge is 0.252 e. The van der Waals surface area contributed by atoms with Gasteiger partial charge in [-0.15, -0.1) is 6.42 Å². The molecule has 0 unspecified atom stereocenters. The zero-order valence-corrected chi connectivity index (χ0v) is 15.5. The molecule has 0 aliphatic heterocycles. The molecule has 0 saturated heterocycles. The molecule has 1 amide bonds. The zero-order valence-electron chi connectivity index (χ0n) is 15.5. The second-order valence-electron chi connectivity index (χ2n) is 5.80. The maximum Gasteiger partial charge on any atom is 0.252 e. The minimum Gasteiger partial charge on any atom is -0.493 e. The number of rotatable bonds is 10. The molecule has 0 fully saturated rings. The Hall–Kier alpha value is -3.24. The van der Waals surface area contributed by atoms with E-state index in [1.807, 2.05) is 6.07 Å². The third kappa shape index (κ3) is 6.49.